The molecule has 4 rings (SSSR count). The number of carbonyl (C=O) groups excluding carboxylic acids is 1. The number of anilines is 1. The molecule has 176 valence electrons. The maximum atomic E-state index is 13.0. The molecule has 0 aliphatic rings. The smallest absolute Gasteiger partial charge is 0.224 e. The molecule has 1 heterocycles. The quantitative estimate of drug-likeness (QED) is 0.378. The second-order valence-electron chi connectivity index (χ2n) is 8.08. The van der Waals surface area contributed by atoms with Crippen LogP contribution < -0.4 is 25.0 Å². The number of amides is 1. The SMILES string of the molecule is COc1cc(NC(=O)CCCn2c3ccccc3c(=O)c3cc(C)ccc32)cc(OC)c1OC. The number of methoxy groups -OCH3 is 3. The number of ether oxygens (including phenoxy) is 3. The van der Waals surface area contributed by atoms with E-state index in [1.54, 1.807) is 12.1 Å². The second-order valence-corrected chi connectivity index (χ2v) is 8.08. The number of aromatic nitrogens is 1. The molecule has 3 aromatic carbocycles. The van der Waals surface area contributed by atoms with Crippen molar-refractivity contribution < 1.29 is 19.0 Å². The Bertz CT molecular complexity index is 1400. The van der Waals surface area contributed by atoms with Gasteiger partial charge in [-0.05, 0) is 37.6 Å². The molecular formula is C27H28N2O5. The second kappa shape index (κ2) is 9.87. The van der Waals surface area contributed by atoms with E-state index in [0.717, 1.165) is 16.6 Å². The van der Waals surface area contributed by atoms with E-state index in [2.05, 4.69) is 9.88 Å². The molecule has 0 spiro atoms. The van der Waals surface area contributed by atoms with Gasteiger partial charge in [0, 0.05) is 41.6 Å². The van der Waals surface area contributed by atoms with Crippen LogP contribution in [-0.2, 0) is 11.3 Å². The van der Waals surface area contributed by atoms with Gasteiger partial charge in [0.25, 0.3) is 0 Å². The molecule has 0 saturated carbocycles. The average molecular weight is 461 g/mol. The lowest BCUT2D eigenvalue weighted by Gasteiger charge is -2.16. The predicted molar refractivity (Wildman–Crippen MR) is 134 cm³/mol. The van der Waals surface area contributed by atoms with Crippen LogP contribution in [-0.4, -0.2) is 31.8 Å². The van der Waals surface area contributed by atoms with Crippen LogP contribution in [0.25, 0.3) is 21.8 Å². The zero-order valence-electron chi connectivity index (χ0n) is 19.8. The van der Waals surface area contributed by atoms with Crippen molar-refractivity contribution in [1.82, 2.24) is 4.57 Å². The summed E-state index contributed by atoms with van der Waals surface area (Å²) in [5.74, 6) is 1.28. The molecule has 7 heteroatoms. The predicted octanol–water partition coefficient (Wildman–Crippen LogP) is 4.91. The maximum Gasteiger partial charge on any atom is 0.224 e. The number of hydrogen-bond donors (Lipinski definition) is 1. The molecule has 7 nitrogen and oxygen atoms in total. The molecule has 0 unspecified atom stereocenters. The Hall–Kier alpha value is -4.00. The molecule has 1 aromatic heterocycles. The van der Waals surface area contributed by atoms with Crippen molar-refractivity contribution in [3.05, 3.63) is 70.4 Å². The minimum absolute atomic E-state index is 0.0330. The van der Waals surface area contributed by atoms with Crippen LogP contribution in [0, 0.1) is 6.92 Å². The number of pyridine rings is 1. The van der Waals surface area contributed by atoms with Crippen molar-refractivity contribution in [2.24, 2.45) is 0 Å². The lowest BCUT2D eigenvalue weighted by Crippen LogP contribution is -2.15. The van der Waals surface area contributed by atoms with Gasteiger partial charge >= 0.3 is 0 Å². The summed E-state index contributed by atoms with van der Waals surface area (Å²) in [7, 11) is 4.59. The third kappa shape index (κ3) is 4.41. The van der Waals surface area contributed by atoms with E-state index in [-0.39, 0.29) is 11.3 Å². The Morgan fingerprint density at radius 1 is 0.882 bits per heavy atom. The fraction of sp³-hybridized carbons (Fsp3) is 0.259. The van der Waals surface area contributed by atoms with Crippen LogP contribution in [0.2, 0.25) is 0 Å². The van der Waals surface area contributed by atoms with Gasteiger partial charge in [0.05, 0.1) is 32.4 Å². The van der Waals surface area contributed by atoms with E-state index < -0.39 is 0 Å². The lowest BCUT2D eigenvalue weighted by molar-refractivity contribution is -0.116. The molecule has 34 heavy (non-hydrogen) atoms. The Labute approximate surface area is 197 Å². The summed E-state index contributed by atoms with van der Waals surface area (Å²) in [6.07, 6.45) is 0.913. The van der Waals surface area contributed by atoms with Crippen molar-refractivity contribution >= 4 is 33.4 Å². The van der Waals surface area contributed by atoms with Crippen LogP contribution in [0.15, 0.2) is 59.4 Å². The van der Waals surface area contributed by atoms with Gasteiger partial charge in [0.2, 0.25) is 11.7 Å². The minimum Gasteiger partial charge on any atom is -0.493 e. The fourth-order valence-electron chi connectivity index (χ4n) is 4.26. The number of aryl methyl sites for hydroxylation is 2. The van der Waals surface area contributed by atoms with Gasteiger partial charge in [-0.3, -0.25) is 9.59 Å². The third-order valence-electron chi connectivity index (χ3n) is 5.86. The van der Waals surface area contributed by atoms with Crippen molar-refractivity contribution in [2.45, 2.75) is 26.3 Å². The van der Waals surface area contributed by atoms with Crippen LogP contribution in [0.4, 0.5) is 5.69 Å². The number of rotatable bonds is 8. The number of benzene rings is 3. The van der Waals surface area contributed by atoms with Gasteiger partial charge in [-0.15, -0.1) is 0 Å². The van der Waals surface area contributed by atoms with Crippen molar-refractivity contribution in [3.8, 4) is 17.2 Å². The monoisotopic (exact) mass is 460 g/mol. The summed E-state index contributed by atoms with van der Waals surface area (Å²) in [5.41, 5.74) is 3.38. The molecule has 0 aliphatic carbocycles. The van der Waals surface area contributed by atoms with Crippen molar-refractivity contribution in [2.75, 3.05) is 26.6 Å². The highest BCUT2D eigenvalue weighted by atomic mass is 16.5. The number of para-hydroxylation sites is 1. The van der Waals surface area contributed by atoms with Gasteiger partial charge in [0.1, 0.15) is 0 Å². The first-order chi connectivity index (χ1) is 16.5. The van der Waals surface area contributed by atoms with Gasteiger partial charge in [-0.1, -0.05) is 23.8 Å². The largest absolute Gasteiger partial charge is 0.493 e. The molecule has 0 saturated heterocycles. The first kappa shape index (κ1) is 23.2. The summed E-state index contributed by atoms with van der Waals surface area (Å²) >= 11 is 0. The van der Waals surface area contributed by atoms with E-state index in [4.69, 9.17) is 14.2 Å². The molecule has 1 N–H and O–H groups in total. The molecular weight excluding hydrogens is 432 g/mol. The summed E-state index contributed by atoms with van der Waals surface area (Å²) in [4.78, 5) is 25.7. The van der Waals surface area contributed by atoms with Crippen molar-refractivity contribution in [3.63, 3.8) is 0 Å². The van der Waals surface area contributed by atoms with E-state index in [0.29, 0.717) is 53.1 Å². The van der Waals surface area contributed by atoms with Gasteiger partial charge in [0.15, 0.2) is 16.9 Å². The van der Waals surface area contributed by atoms with Gasteiger partial charge < -0.3 is 24.1 Å². The van der Waals surface area contributed by atoms with Crippen LogP contribution in [0.3, 0.4) is 0 Å². The minimum atomic E-state index is -0.125. The topological polar surface area (TPSA) is 78.8 Å². The molecule has 0 fully saturated rings. The highest BCUT2D eigenvalue weighted by molar-refractivity contribution is 5.94. The lowest BCUT2D eigenvalue weighted by atomic mass is 10.1. The first-order valence-electron chi connectivity index (χ1n) is 11.1. The van der Waals surface area contributed by atoms with Crippen molar-refractivity contribution in [1.29, 1.82) is 0 Å². The number of nitrogens with one attached hydrogen (secondary N) is 1. The Morgan fingerprint density at radius 2 is 1.56 bits per heavy atom. The maximum absolute atomic E-state index is 13.0. The van der Waals surface area contributed by atoms with Crippen LogP contribution in [0.1, 0.15) is 18.4 Å². The van der Waals surface area contributed by atoms with Gasteiger partial charge in [-0.25, -0.2) is 0 Å². The zero-order valence-corrected chi connectivity index (χ0v) is 19.8. The third-order valence-corrected chi connectivity index (χ3v) is 5.86. The molecule has 4 aromatic rings. The number of carbonyl (C=O) groups is 1. The van der Waals surface area contributed by atoms with E-state index >= 15 is 0 Å². The Balaban J connectivity index is 1.55. The molecule has 1 amide bonds. The summed E-state index contributed by atoms with van der Waals surface area (Å²) in [5, 5.41) is 4.28. The summed E-state index contributed by atoms with van der Waals surface area (Å²) < 4.78 is 18.2. The Morgan fingerprint density at radius 3 is 2.24 bits per heavy atom. The summed E-state index contributed by atoms with van der Waals surface area (Å²) in [6, 6.07) is 16.9. The Kier molecular flexibility index (Phi) is 6.72. The van der Waals surface area contributed by atoms with E-state index in [1.807, 2.05) is 49.4 Å². The average Bonchev–Trinajstić information content (AvgIpc) is 2.85. The number of nitrogens with zero attached hydrogens (tertiary/aromatic N) is 1. The van der Waals surface area contributed by atoms with Crippen LogP contribution in [0.5, 0.6) is 17.2 Å². The summed E-state index contributed by atoms with van der Waals surface area (Å²) in [6.45, 7) is 2.58. The highest BCUT2D eigenvalue weighted by Crippen LogP contribution is 2.40. The van der Waals surface area contributed by atoms with E-state index in [1.165, 1.54) is 21.3 Å². The fourth-order valence-corrected chi connectivity index (χ4v) is 4.26. The molecule has 0 atom stereocenters. The first-order valence-corrected chi connectivity index (χ1v) is 11.1. The normalized spacial score (nSPS) is 10.9. The van der Waals surface area contributed by atoms with Gasteiger partial charge in [-0.2, -0.15) is 0 Å². The number of fused-ring (bicyclic) bond motifs is 2. The molecule has 0 bridgehead atoms. The standard InChI is InChI=1S/C27H28N2O5/c1-17-11-12-22-20(14-17)26(31)19-8-5-6-9-21(19)29(22)13-7-10-25(30)28-18-15-23(32-2)27(34-4)24(16-18)33-3/h5-6,8-9,11-12,14-16H,7,10,13H2,1-4H3,(H,28,30). The number of hydrogen-bond acceptors (Lipinski definition) is 5. The highest BCUT2D eigenvalue weighted by Gasteiger charge is 2.15. The van der Waals surface area contributed by atoms with E-state index in [9.17, 15) is 9.59 Å². The molecule has 0 radical (unpaired) electrons. The molecule has 0 aliphatic heterocycles. The zero-order chi connectivity index (χ0) is 24.2. The van der Waals surface area contributed by atoms with Crippen LogP contribution >= 0.6 is 0 Å².